The van der Waals surface area contributed by atoms with E-state index in [2.05, 4.69) is 5.32 Å². The second-order valence-electron chi connectivity index (χ2n) is 2.76. The highest BCUT2D eigenvalue weighted by molar-refractivity contribution is 7.90. The van der Waals surface area contributed by atoms with Crippen molar-refractivity contribution in [3.8, 4) is 0 Å². The summed E-state index contributed by atoms with van der Waals surface area (Å²) in [5.41, 5.74) is -5.21. The molecule has 0 saturated carbocycles. The molecule has 4 nitrogen and oxygen atoms in total. The first-order chi connectivity index (χ1) is 5.83. The van der Waals surface area contributed by atoms with Crippen LogP contribution in [0.1, 0.15) is 6.42 Å². The predicted octanol–water partition coefficient (Wildman–Crippen LogP) is -0.213. The van der Waals surface area contributed by atoms with Crippen LogP contribution < -0.4 is 10.0 Å². The van der Waals surface area contributed by atoms with Gasteiger partial charge in [-0.25, -0.2) is 13.1 Å². The highest BCUT2D eigenvalue weighted by Gasteiger charge is 2.46. The smallest absolute Gasteiger partial charge is 0.315 e. The third-order valence-corrected chi connectivity index (χ3v) is 2.94. The maximum Gasteiger partial charge on any atom is 0.511 e. The Morgan fingerprint density at radius 1 is 1.38 bits per heavy atom. The average molecular weight is 218 g/mol. The Balaban J connectivity index is 2.62. The molecule has 0 aromatic carbocycles. The van der Waals surface area contributed by atoms with Gasteiger partial charge in [-0.1, -0.05) is 0 Å². The Bertz CT molecular complexity index is 268. The van der Waals surface area contributed by atoms with Crippen molar-refractivity contribution in [3.63, 3.8) is 0 Å². The van der Waals surface area contributed by atoms with Crippen LogP contribution in [0.3, 0.4) is 0 Å². The normalized spacial score (nSPS) is 25.0. The van der Waals surface area contributed by atoms with Gasteiger partial charge in [0.05, 0.1) is 0 Å². The molecule has 1 aliphatic rings. The van der Waals surface area contributed by atoms with Crippen molar-refractivity contribution >= 4 is 10.0 Å². The molecular formula is C5H9F3N2O2S. The number of rotatable bonds is 2. The van der Waals surface area contributed by atoms with Gasteiger partial charge in [-0.15, -0.1) is 0 Å². The number of sulfonamides is 1. The molecule has 1 atom stereocenters. The summed E-state index contributed by atoms with van der Waals surface area (Å²) in [4.78, 5) is 0. The van der Waals surface area contributed by atoms with Crippen LogP contribution >= 0.6 is 0 Å². The lowest BCUT2D eigenvalue weighted by molar-refractivity contribution is -0.0450. The lowest BCUT2D eigenvalue weighted by atomic mass is 10.3. The molecule has 2 N–H and O–H groups in total. The summed E-state index contributed by atoms with van der Waals surface area (Å²) in [5.74, 6) is 0. The molecule has 8 heteroatoms. The Hall–Kier alpha value is -0.340. The van der Waals surface area contributed by atoms with Crippen LogP contribution in [0.4, 0.5) is 13.2 Å². The molecule has 0 spiro atoms. The van der Waals surface area contributed by atoms with Crippen molar-refractivity contribution in [1.82, 2.24) is 10.0 Å². The largest absolute Gasteiger partial charge is 0.511 e. The van der Waals surface area contributed by atoms with Gasteiger partial charge in [0.2, 0.25) is 0 Å². The van der Waals surface area contributed by atoms with Crippen molar-refractivity contribution in [2.75, 3.05) is 13.1 Å². The minimum Gasteiger partial charge on any atom is -0.315 e. The van der Waals surface area contributed by atoms with Gasteiger partial charge < -0.3 is 5.32 Å². The SMILES string of the molecule is O=S(=O)(NC1CCNC1)C(F)(F)F. The third-order valence-electron chi connectivity index (χ3n) is 1.69. The number of hydrogen-bond donors (Lipinski definition) is 2. The summed E-state index contributed by atoms with van der Waals surface area (Å²) >= 11 is 0. The minimum absolute atomic E-state index is 0.245. The number of halogens is 3. The minimum atomic E-state index is -5.21. The number of alkyl halides is 3. The van der Waals surface area contributed by atoms with Crippen molar-refractivity contribution < 1.29 is 21.6 Å². The van der Waals surface area contributed by atoms with Gasteiger partial charge in [0.25, 0.3) is 0 Å². The van der Waals surface area contributed by atoms with E-state index in [1.807, 2.05) is 0 Å². The van der Waals surface area contributed by atoms with Crippen LogP contribution in [0.2, 0.25) is 0 Å². The highest BCUT2D eigenvalue weighted by Crippen LogP contribution is 2.22. The summed E-state index contributed by atoms with van der Waals surface area (Å²) in [6, 6.07) is -0.647. The zero-order valence-corrected chi connectivity index (χ0v) is 7.37. The molecular weight excluding hydrogens is 209 g/mol. The number of nitrogens with one attached hydrogen (secondary N) is 2. The Morgan fingerprint density at radius 2 is 2.00 bits per heavy atom. The molecule has 1 fully saturated rings. The Morgan fingerprint density at radius 3 is 2.38 bits per heavy atom. The van der Waals surface area contributed by atoms with Crippen molar-refractivity contribution in [2.45, 2.75) is 18.0 Å². The molecule has 0 aromatic heterocycles. The van der Waals surface area contributed by atoms with Gasteiger partial charge in [-0.2, -0.15) is 13.2 Å². The summed E-state index contributed by atoms with van der Waals surface area (Å²) in [6.45, 7) is 0.778. The molecule has 78 valence electrons. The third kappa shape index (κ3) is 2.55. The average Bonchev–Trinajstić information content (AvgIpc) is 2.35. The molecule has 0 bridgehead atoms. The van der Waals surface area contributed by atoms with Crippen LogP contribution in [0.15, 0.2) is 0 Å². The first-order valence-corrected chi connectivity index (χ1v) is 5.10. The van der Waals surface area contributed by atoms with Gasteiger partial charge >= 0.3 is 15.5 Å². The van der Waals surface area contributed by atoms with Gasteiger partial charge in [0.15, 0.2) is 0 Å². The fourth-order valence-electron chi connectivity index (χ4n) is 1.04. The molecule has 1 heterocycles. The van der Waals surface area contributed by atoms with Crippen LogP contribution in [-0.4, -0.2) is 33.1 Å². The molecule has 1 rings (SSSR count). The fourth-order valence-corrected chi connectivity index (χ4v) is 1.82. The van der Waals surface area contributed by atoms with Crippen LogP contribution in [0.25, 0.3) is 0 Å². The predicted molar refractivity (Wildman–Crippen MR) is 39.4 cm³/mol. The van der Waals surface area contributed by atoms with E-state index >= 15 is 0 Å². The van der Waals surface area contributed by atoms with Gasteiger partial charge in [-0.05, 0) is 13.0 Å². The Labute approximate surface area is 73.6 Å². The van der Waals surface area contributed by atoms with Crippen LogP contribution in [0, 0.1) is 0 Å². The highest BCUT2D eigenvalue weighted by atomic mass is 32.2. The standard InChI is InChI=1S/C5H9F3N2O2S/c6-5(7,8)13(11,12)10-4-1-2-9-3-4/h4,9-10H,1-3H2. The summed E-state index contributed by atoms with van der Waals surface area (Å²) in [6.07, 6.45) is 0.384. The van der Waals surface area contributed by atoms with E-state index in [9.17, 15) is 21.6 Å². The maximum atomic E-state index is 11.8. The zero-order valence-electron chi connectivity index (χ0n) is 6.56. The lowest BCUT2D eigenvalue weighted by Gasteiger charge is -2.13. The van der Waals surface area contributed by atoms with Crippen molar-refractivity contribution in [3.05, 3.63) is 0 Å². The van der Waals surface area contributed by atoms with E-state index in [0.29, 0.717) is 13.0 Å². The van der Waals surface area contributed by atoms with Gasteiger partial charge in [-0.3, -0.25) is 0 Å². The van der Waals surface area contributed by atoms with E-state index < -0.39 is 21.6 Å². The molecule has 1 aliphatic heterocycles. The second-order valence-corrected chi connectivity index (χ2v) is 4.46. The van der Waals surface area contributed by atoms with E-state index in [-0.39, 0.29) is 6.54 Å². The second kappa shape index (κ2) is 3.43. The molecule has 13 heavy (non-hydrogen) atoms. The molecule has 0 amide bonds. The van der Waals surface area contributed by atoms with E-state index in [1.165, 1.54) is 0 Å². The quantitative estimate of drug-likeness (QED) is 0.674. The van der Waals surface area contributed by atoms with Gasteiger partial charge in [0, 0.05) is 12.6 Å². The topological polar surface area (TPSA) is 58.2 Å². The lowest BCUT2D eigenvalue weighted by Crippen LogP contribution is -2.43. The molecule has 0 aliphatic carbocycles. The molecule has 1 saturated heterocycles. The van der Waals surface area contributed by atoms with E-state index in [1.54, 1.807) is 4.72 Å². The molecule has 0 radical (unpaired) electrons. The molecule has 1 unspecified atom stereocenters. The summed E-state index contributed by atoms with van der Waals surface area (Å²) in [5, 5.41) is 2.75. The van der Waals surface area contributed by atoms with E-state index in [0.717, 1.165) is 0 Å². The fraction of sp³-hybridized carbons (Fsp3) is 1.00. The Kier molecular flexibility index (Phi) is 2.83. The monoisotopic (exact) mass is 218 g/mol. The first kappa shape index (κ1) is 10.7. The van der Waals surface area contributed by atoms with Crippen LogP contribution in [-0.2, 0) is 10.0 Å². The van der Waals surface area contributed by atoms with Crippen molar-refractivity contribution in [1.29, 1.82) is 0 Å². The molecule has 0 aromatic rings. The summed E-state index contributed by atoms with van der Waals surface area (Å²) in [7, 11) is -5.17. The van der Waals surface area contributed by atoms with Gasteiger partial charge in [0.1, 0.15) is 0 Å². The first-order valence-electron chi connectivity index (χ1n) is 3.62. The zero-order chi connectivity index (χ0) is 10.1. The van der Waals surface area contributed by atoms with Crippen molar-refractivity contribution in [2.24, 2.45) is 0 Å². The van der Waals surface area contributed by atoms with Crippen LogP contribution in [0.5, 0.6) is 0 Å². The number of hydrogen-bond acceptors (Lipinski definition) is 3. The summed E-state index contributed by atoms with van der Waals surface area (Å²) < 4.78 is 58.1. The van der Waals surface area contributed by atoms with E-state index in [4.69, 9.17) is 0 Å². The maximum absolute atomic E-state index is 11.8.